The van der Waals surface area contributed by atoms with Crippen LogP contribution in [-0.4, -0.2) is 44.3 Å². The number of piperidine rings is 1. The molecular formula is C15H24ClNO5. The maximum atomic E-state index is 11.9. The number of nitrogens with zero attached hydrogens (tertiary/aromatic N) is 1. The molecule has 22 heavy (non-hydrogen) atoms. The summed E-state index contributed by atoms with van der Waals surface area (Å²) in [7, 11) is -4.19. The van der Waals surface area contributed by atoms with Crippen molar-refractivity contribution in [1.29, 1.82) is 0 Å². The molecule has 7 heteroatoms. The van der Waals surface area contributed by atoms with Crippen molar-refractivity contribution in [2.75, 3.05) is 19.6 Å². The second-order valence-electron chi connectivity index (χ2n) is 5.23. The molecule has 0 radical (unpaired) electrons. The quantitative estimate of drug-likeness (QED) is 0.668. The Morgan fingerprint density at radius 3 is 2.18 bits per heavy atom. The number of carbonyl (C=O) groups excluding carboxylic acids is 1. The first-order chi connectivity index (χ1) is 10.4. The summed E-state index contributed by atoms with van der Waals surface area (Å²) >= 11 is 0. The van der Waals surface area contributed by atoms with Crippen molar-refractivity contribution < 1.29 is 33.7 Å². The predicted octanol–water partition coefficient (Wildman–Crippen LogP) is 0.275. The van der Waals surface area contributed by atoms with E-state index in [2.05, 4.69) is 4.90 Å². The van der Waals surface area contributed by atoms with Crippen molar-refractivity contribution in [3.63, 3.8) is 0 Å². The molecule has 1 saturated heterocycles. The van der Waals surface area contributed by atoms with Gasteiger partial charge in [-0.15, -0.1) is 0 Å². The number of rotatable bonds is 5. The number of benzene rings is 1. The van der Waals surface area contributed by atoms with Crippen molar-refractivity contribution in [1.82, 2.24) is 4.90 Å². The van der Waals surface area contributed by atoms with Crippen LogP contribution >= 0.6 is 0 Å². The number of hydrogen-bond donors (Lipinski definition) is 3. The third-order valence-electron chi connectivity index (χ3n) is 3.42. The Balaban J connectivity index is 0.000000422. The molecule has 0 unspecified atom stereocenters. The fraction of sp³-hybridized carbons (Fsp3) is 0.533. The Hall–Kier alpha value is -1.02. The van der Waals surface area contributed by atoms with E-state index in [0.29, 0.717) is 6.42 Å². The van der Waals surface area contributed by atoms with Crippen LogP contribution in [0.5, 0.6) is 0 Å². The maximum absolute atomic E-state index is 11.9. The van der Waals surface area contributed by atoms with Crippen LogP contribution in [0.3, 0.4) is 0 Å². The second kappa shape index (κ2) is 9.89. The molecule has 1 aromatic carbocycles. The minimum absolute atomic E-state index is 0.280. The number of Topliss-reactive ketones (excluding diaryl/α,β-unsaturated/α-hetero) is 1. The van der Waals surface area contributed by atoms with E-state index >= 15 is 0 Å². The molecule has 6 nitrogen and oxygen atoms in total. The fourth-order valence-corrected chi connectivity index (χ4v) is 2.41. The van der Waals surface area contributed by atoms with Crippen LogP contribution in [0.4, 0.5) is 0 Å². The van der Waals surface area contributed by atoms with Gasteiger partial charge >= 0.3 is 28.9 Å². The summed E-state index contributed by atoms with van der Waals surface area (Å²) in [5, 5.41) is 0. The van der Waals surface area contributed by atoms with Gasteiger partial charge in [-0.1, -0.05) is 36.8 Å². The third kappa shape index (κ3) is 9.83. The van der Waals surface area contributed by atoms with E-state index < -0.39 is 10.2 Å². The van der Waals surface area contributed by atoms with Crippen molar-refractivity contribution in [2.45, 2.75) is 32.1 Å². The molecule has 0 spiro atoms. The Labute approximate surface area is 132 Å². The van der Waals surface area contributed by atoms with Gasteiger partial charge in [0, 0.05) is 12.0 Å². The normalized spacial score (nSPS) is 16.5. The average molecular weight is 334 g/mol. The van der Waals surface area contributed by atoms with Crippen molar-refractivity contribution >= 4 is 5.78 Å². The van der Waals surface area contributed by atoms with E-state index in [1.807, 2.05) is 30.3 Å². The minimum atomic E-state index is -4.19. The fourth-order valence-electron chi connectivity index (χ4n) is 2.41. The van der Waals surface area contributed by atoms with Crippen LogP contribution in [0.1, 0.15) is 42.5 Å². The molecule has 0 saturated carbocycles. The first kappa shape index (κ1) is 19.0. The first-order valence-corrected chi connectivity index (χ1v) is 8.65. The van der Waals surface area contributed by atoms with E-state index in [0.717, 1.165) is 18.5 Å². The van der Waals surface area contributed by atoms with Gasteiger partial charge in [-0.2, -0.15) is 0 Å². The zero-order valence-electron chi connectivity index (χ0n) is 12.5. The van der Waals surface area contributed by atoms with Crippen molar-refractivity contribution in [3.8, 4) is 0 Å². The van der Waals surface area contributed by atoms with Crippen LogP contribution in [-0.2, 0) is 0 Å². The van der Waals surface area contributed by atoms with E-state index in [1.165, 1.54) is 32.4 Å². The summed E-state index contributed by atoms with van der Waals surface area (Å²) in [6.45, 7) is 3.53. The van der Waals surface area contributed by atoms with Crippen LogP contribution in [0.15, 0.2) is 30.3 Å². The van der Waals surface area contributed by atoms with E-state index in [9.17, 15) is 4.79 Å². The Morgan fingerprint density at radius 2 is 1.64 bits per heavy atom. The molecule has 0 bridgehead atoms. The number of carbonyl (C=O) groups is 1. The average Bonchev–Trinajstić information content (AvgIpc) is 2.47. The number of likely N-dealkylation sites (tertiary alicyclic amines) is 1. The number of ketones is 1. The molecule has 1 fully saturated rings. The molecule has 0 atom stereocenters. The Bertz CT molecular complexity index is 423. The molecule has 3 N–H and O–H groups in total. The first-order valence-electron chi connectivity index (χ1n) is 7.33. The Morgan fingerprint density at radius 1 is 1.09 bits per heavy atom. The third-order valence-corrected chi connectivity index (χ3v) is 3.42. The molecule has 2 rings (SSSR count). The molecular weight excluding hydrogens is 310 g/mol. The van der Waals surface area contributed by atoms with E-state index in [4.69, 9.17) is 18.6 Å². The molecule has 1 aliphatic heterocycles. The molecule has 0 amide bonds. The van der Waals surface area contributed by atoms with Crippen molar-refractivity contribution in [3.05, 3.63) is 35.9 Å². The standard InChI is InChI=1S/C15H21NO.ClH3O4/c17-15(14-8-3-1-4-9-14)10-7-13-16-11-5-2-6-12-16;2-1(3,4)5/h1,3-4,8-9H,2,5-7,10-13H2;2-4H. The summed E-state index contributed by atoms with van der Waals surface area (Å²) in [4.78, 5) is 14.4. The topological polar surface area (TPSA) is 104 Å². The van der Waals surface area contributed by atoms with Crippen LogP contribution in [0, 0.1) is 10.2 Å². The van der Waals surface area contributed by atoms with Crippen LogP contribution < -0.4 is 4.66 Å². The molecule has 0 aliphatic carbocycles. The molecule has 1 aromatic rings. The SMILES string of the molecule is O=C(CCCN1CCCCC1)c1ccccc1.[O-][Cl+](O)(O)O. The van der Waals surface area contributed by atoms with Gasteiger partial charge in [-0.25, -0.2) is 0 Å². The zero-order chi connectivity index (χ0) is 16.4. The summed E-state index contributed by atoms with van der Waals surface area (Å²) < 4.78 is 30.2. The number of hydrogen-bond acceptors (Lipinski definition) is 6. The van der Waals surface area contributed by atoms with Gasteiger partial charge in [-0.05, 0) is 38.9 Å². The zero-order valence-corrected chi connectivity index (χ0v) is 13.3. The van der Waals surface area contributed by atoms with Gasteiger partial charge in [0.25, 0.3) is 0 Å². The van der Waals surface area contributed by atoms with Crippen molar-refractivity contribution in [2.24, 2.45) is 0 Å². The van der Waals surface area contributed by atoms with Crippen LogP contribution in [0.25, 0.3) is 0 Å². The second-order valence-corrected chi connectivity index (χ2v) is 6.10. The summed E-state index contributed by atoms with van der Waals surface area (Å²) in [6.07, 6.45) is 5.70. The predicted molar refractivity (Wildman–Crippen MR) is 77.0 cm³/mol. The molecule has 1 aliphatic rings. The monoisotopic (exact) mass is 333 g/mol. The van der Waals surface area contributed by atoms with Gasteiger partial charge < -0.3 is 4.90 Å². The van der Waals surface area contributed by atoms with Gasteiger partial charge in [-0.3, -0.25) is 4.79 Å². The van der Waals surface area contributed by atoms with Gasteiger partial charge in [0.05, 0.1) is 0 Å². The van der Waals surface area contributed by atoms with E-state index in [-0.39, 0.29) is 5.78 Å². The van der Waals surface area contributed by atoms with Crippen LogP contribution in [0.2, 0.25) is 0 Å². The summed E-state index contributed by atoms with van der Waals surface area (Å²) in [5.41, 5.74) is 0.853. The molecule has 0 aromatic heterocycles. The number of halogens is 1. The van der Waals surface area contributed by atoms with Gasteiger partial charge in [0.1, 0.15) is 0 Å². The van der Waals surface area contributed by atoms with Gasteiger partial charge in [0.2, 0.25) is 0 Å². The summed E-state index contributed by atoms with van der Waals surface area (Å²) in [5.74, 6) is 0.280. The molecule has 1 heterocycles. The molecule has 126 valence electrons. The van der Waals surface area contributed by atoms with Gasteiger partial charge in [0.15, 0.2) is 5.78 Å². The summed E-state index contributed by atoms with van der Waals surface area (Å²) in [6, 6.07) is 9.62. The van der Waals surface area contributed by atoms with E-state index in [1.54, 1.807) is 0 Å². The Kier molecular flexibility index (Phi) is 8.55.